The summed E-state index contributed by atoms with van der Waals surface area (Å²) < 4.78 is 36.0. The first kappa shape index (κ1) is 15.6. The highest BCUT2D eigenvalue weighted by atomic mass is 32.2. The number of rotatable bonds is 3. The number of aromatic hydroxyl groups is 1. The molecule has 0 spiro atoms. The topological polar surface area (TPSA) is 90.8 Å². The molecule has 0 saturated carbocycles. The van der Waals surface area contributed by atoms with Crippen LogP contribution in [0.25, 0.3) is 0 Å². The summed E-state index contributed by atoms with van der Waals surface area (Å²) in [6.07, 6.45) is 0.552. The molecule has 1 heterocycles. The summed E-state index contributed by atoms with van der Waals surface area (Å²) in [5.74, 6) is -0.325. The number of hydrogen-bond acceptors (Lipinski definition) is 4. The molecule has 1 aliphatic heterocycles. The van der Waals surface area contributed by atoms with Crippen molar-refractivity contribution in [3.05, 3.63) is 29.6 Å². The molecule has 116 valence electrons. The third-order valence-corrected chi connectivity index (χ3v) is 5.04. The van der Waals surface area contributed by atoms with Gasteiger partial charge in [0.15, 0.2) is 27.4 Å². The molecule has 0 amide bonds. The molecule has 0 aromatic heterocycles. The molecule has 8 heteroatoms. The molecule has 0 bridgehead atoms. The Kier molecular flexibility index (Phi) is 4.66. The molecule has 1 aromatic rings. The smallest absolute Gasteiger partial charge is 0.191 e. The Hall–Kier alpha value is -1.83. The van der Waals surface area contributed by atoms with E-state index in [4.69, 9.17) is 5.11 Å². The zero-order valence-electron chi connectivity index (χ0n) is 11.6. The molecule has 1 fully saturated rings. The van der Waals surface area contributed by atoms with Crippen LogP contribution in [0.15, 0.2) is 23.2 Å². The molecule has 1 atom stereocenters. The van der Waals surface area contributed by atoms with Gasteiger partial charge in [-0.15, -0.1) is 0 Å². The largest absolute Gasteiger partial charge is 0.505 e. The van der Waals surface area contributed by atoms with Crippen molar-refractivity contribution in [3.63, 3.8) is 0 Å². The highest BCUT2D eigenvalue weighted by Gasteiger charge is 2.28. The van der Waals surface area contributed by atoms with E-state index < -0.39 is 21.4 Å². The van der Waals surface area contributed by atoms with E-state index in [-0.39, 0.29) is 17.5 Å². The summed E-state index contributed by atoms with van der Waals surface area (Å²) in [6.45, 7) is 0.316. The van der Waals surface area contributed by atoms with Crippen LogP contribution in [0.4, 0.5) is 4.39 Å². The van der Waals surface area contributed by atoms with E-state index in [9.17, 15) is 12.8 Å². The van der Waals surface area contributed by atoms with E-state index in [1.165, 1.54) is 12.1 Å². The Morgan fingerprint density at radius 1 is 1.52 bits per heavy atom. The maximum absolute atomic E-state index is 13.2. The quantitative estimate of drug-likeness (QED) is 0.554. The Morgan fingerprint density at radius 3 is 2.86 bits per heavy atom. The van der Waals surface area contributed by atoms with Gasteiger partial charge < -0.3 is 15.7 Å². The van der Waals surface area contributed by atoms with Crippen LogP contribution in [0.3, 0.4) is 0 Å². The fraction of sp³-hybridized carbons (Fsp3) is 0.462. The van der Waals surface area contributed by atoms with Crippen LogP contribution in [-0.4, -0.2) is 44.1 Å². The molecular formula is C13H18FN3O3S. The molecular weight excluding hydrogens is 297 g/mol. The number of guanidine groups is 1. The van der Waals surface area contributed by atoms with Gasteiger partial charge in [0.2, 0.25) is 0 Å². The lowest BCUT2D eigenvalue weighted by molar-refractivity contribution is 0.431. The van der Waals surface area contributed by atoms with Gasteiger partial charge in [0.1, 0.15) is 0 Å². The zero-order valence-corrected chi connectivity index (χ0v) is 12.5. The van der Waals surface area contributed by atoms with Crippen molar-refractivity contribution in [2.75, 3.05) is 18.6 Å². The lowest BCUT2D eigenvalue weighted by Gasteiger charge is -2.16. The predicted octanol–water partition coefficient (Wildman–Crippen LogP) is 0.383. The summed E-state index contributed by atoms with van der Waals surface area (Å²) in [6, 6.07) is 3.96. The molecule has 3 N–H and O–H groups in total. The lowest BCUT2D eigenvalue weighted by Crippen LogP contribution is -2.43. The van der Waals surface area contributed by atoms with Crippen LogP contribution in [0.1, 0.15) is 12.0 Å². The van der Waals surface area contributed by atoms with Gasteiger partial charge in [0, 0.05) is 19.6 Å². The van der Waals surface area contributed by atoms with E-state index in [1.807, 2.05) is 0 Å². The van der Waals surface area contributed by atoms with Gasteiger partial charge in [0.25, 0.3) is 0 Å². The van der Waals surface area contributed by atoms with Gasteiger partial charge in [-0.1, -0.05) is 6.07 Å². The second kappa shape index (κ2) is 6.30. The van der Waals surface area contributed by atoms with Gasteiger partial charge >= 0.3 is 0 Å². The summed E-state index contributed by atoms with van der Waals surface area (Å²) >= 11 is 0. The fourth-order valence-electron chi connectivity index (χ4n) is 2.14. The van der Waals surface area contributed by atoms with Crippen LogP contribution in [-0.2, 0) is 16.4 Å². The van der Waals surface area contributed by atoms with Gasteiger partial charge in [-0.05, 0) is 24.1 Å². The number of halogens is 1. The van der Waals surface area contributed by atoms with Crippen molar-refractivity contribution in [1.82, 2.24) is 10.6 Å². The SMILES string of the molecule is CN=C(NCc1ccc(O)c(F)c1)NC1CCS(=O)(=O)C1. The summed E-state index contributed by atoms with van der Waals surface area (Å²) in [5.41, 5.74) is 0.646. The monoisotopic (exact) mass is 315 g/mol. The lowest BCUT2D eigenvalue weighted by atomic mass is 10.2. The molecule has 2 rings (SSSR count). The third kappa shape index (κ3) is 4.32. The molecule has 1 aliphatic rings. The zero-order chi connectivity index (χ0) is 15.5. The Bertz CT molecular complexity index is 646. The van der Waals surface area contributed by atoms with Crippen LogP contribution in [0, 0.1) is 5.82 Å². The summed E-state index contributed by atoms with van der Waals surface area (Å²) in [5, 5.41) is 15.1. The highest BCUT2D eigenvalue weighted by molar-refractivity contribution is 7.91. The minimum Gasteiger partial charge on any atom is -0.505 e. The number of sulfone groups is 1. The number of benzene rings is 1. The first-order valence-electron chi connectivity index (χ1n) is 6.54. The number of nitrogens with zero attached hydrogens (tertiary/aromatic N) is 1. The van der Waals surface area contributed by atoms with Gasteiger partial charge in [0.05, 0.1) is 11.5 Å². The van der Waals surface area contributed by atoms with Crippen LogP contribution in [0.5, 0.6) is 5.75 Å². The van der Waals surface area contributed by atoms with Gasteiger partial charge in [-0.3, -0.25) is 4.99 Å². The molecule has 1 unspecified atom stereocenters. The predicted molar refractivity (Wildman–Crippen MR) is 78.5 cm³/mol. The van der Waals surface area contributed by atoms with Crippen LogP contribution in [0.2, 0.25) is 0 Å². The molecule has 1 aromatic carbocycles. The molecule has 21 heavy (non-hydrogen) atoms. The number of hydrogen-bond donors (Lipinski definition) is 3. The van der Waals surface area contributed by atoms with Crippen molar-refractivity contribution in [1.29, 1.82) is 0 Å². The average Bonchev–Trinajstić information content (AvgIpc) is 2.77. The Morgan fingerprint density at radius 2 is 2.29 bits per heavy atom. The minimum absolute atomic E-state index is 0.0987. The second-order valence-corrected chi connectivity index (χ2v) is 7.18. The fourth-order valence-corrected chi connectivity index (χ4v) is 3.82. The Balaban J connectivity index is 1.90. The van der Waals surface area contributed by atoms with Crippen LogP contribution >= 0.6 is 0 Å². The summed E-state index contributed by atoms with van der Waals surface area (Å²) in [4.78, 5) is 4.01. The molecule has 1 saturated heterocycles. The van der Waals surface area contributed by atoms with Gasteiger partial charge in [-0.25, -0.2) is 12.8 Å². The van der Waals surface area contributed by atoms with E-state index >= 15 is 0 Å². The van der Waals surface area contributed by atoms with E-state index in [1.54, 1.807) is 13.1 Å². The average molecular weight is 315 g/mol. The molecule has 0 aliphatic carbocycles. The van der Waals surface area contributed by atoms with Crippen LogP contribution < -0.4 is 10.6 Å². The first-order chi connectivity index (χ1) is 9.89. The number of phenols is 1. The minimum atomic E-state index is -2.95. The molecule has 6 nitrogen and oxygen atoms in total. The van der Waals surface area contributed by atoms with E-state index in [0.29, 0.717) is 24.5 Å². The highest BCUT2D eigenvalue weighted by Crippen LogP contribution is 2.16. The molecule has 0 radical (unpaired) electrons. The first-order valence-corrected chi connectivity index (χ1v) is 8.37. The number of nitrogens with one attached hydrogen (secondary N) is 2. The number of phenolic OH excluding ortho intramolecular Hbond substituents is 1. The summed E-state index contributed by atoms with van der Waals surface area (Å²) in [7, 11) is -1.37. The number of aliphatic imine (C=N–C) groups is 1. The van der Waals surface area contributed by atoms with E-state index in [2.05, 4.69) is 15.6 Å². The maximum atomic E-state index is 13.2. The standard InChI is InChI=1S/C13H18FN3O3S/c1-15-13(17-10-4-5-21(19,20)8-10)16-7-9-2-3-12(18)11(14)6-9/h2-3,6,10,18H,4-5,7-8H2,1H3,(H2,15,16,17). The van der Waals surface area contributed by atoms with Crippen molar-refractivity contribution in [2.45, 2.75) is 19.0 Å². The van der Waals surface area contributed by atoms with Crippen molar-refractivity contribution in [2.24, 2.45) is 4.99 Å². The second-order valence-electron chi connectivity index (χ2n) is 4.96. The van der Waals surface area contributed by atoms with Crippen molar-refractivity contribution < 1.29 is 17.9 Å². The maximum Gasteiger partial charge on any atom is 0.191 e. The van der Waals surface area contributed by atoms with E-state index in [0.717, 1.165) is 0 Å². The van der Waals surface area contributed by atoms with Crippen molar-refractivity contribution in [3.8, 4) is 5.75 Å². The van der Waals surface area contributed by atoms with Gasteiger partial charge in [-0.2, -0.15) is 0 Å². The normalized spacial score (nSPS) is 21.2. The third-order valence-electron chi connectivity index (χ3n) is 3.27. The van der Waals surface area contributed by atoms with Crippen molar-refractivity contribution >= 4 is 15.8 Å². The Labute approximate surface area is 123 Å².